The van der Waals surface area contributed by atoms with Crippen LogP contribution in [0.4, 0.5) is 16.2 Å². The van der Waals surface area contributed by atoms with Crippen LogP contribution in [0.1, 0.15) is 13.3 Å². The average Bonchev–Trinajstić information content (AvgIpc) is 2.81. The second-order valence-corrected chi connectivity index (χ2v) is 9.47. The summed E-state index contributed by atoms with van der Waals surface area (Å²) in [5.74, 6) is 0.120. The molecule has 1 atom stereocenters. The van der Waals surface area contributed by atoms with E-state index in [9.17, 15) is 13.2 Å². The summed E-state index contributed by atoms with van der Waals surface area (Å²) in [4.78, 5) is 17.0. The van der Waals surface area contributed by atoms with Gasteiger partial charge in [0, 0.05) is 26.2 Å². The Bertz CT molecular complexity index is 744. The van der Waals surface area contributed by atoms with Gasteiger partial charge in [-0.2, -0.15) is 0 Å². The standard InChI is InChI=1S/C17H26N4O3S/c1-17(7-12-25(23,24)13-17)19-16(22)18-14-5-3-4-6-15(14)21-10-8-20(2)9-11-21/h3-6H,7-13H2,1-2H3,(H2,18,19,22)/t17-/m1/s1. The highest BCUT2D eigenvalue weighted by Gasteiger charge is 2.39. The van der Waals surface area contributed by atoms with Crippen LogP contribution in [-0.2, 0) is 9.84 Å². The highest BCUT2D eigenvalue weighted by molar-refractivity contribution is 7.91. The summed E-state index contributed by atoms with van der Waals surface area (Å²) in [5.41, 5.74) is 1.04. The molecule has 0 saturated carbocycles. The van der Waals surface area contributed by atoms with E-state index in [1.807, 2.05) is 24.3 Å². The number of sulfone groups is 1. The van der Waals surface area contributed by atoms with Crippen LogP contribution in [0.15, 0.2) is 24.3 Å². The molecule has 0 aliphatic carbocycles. The minimum absolute atomic E-state index is 0.00642. The van der Waals surface area contributed by atoms with Gasteiger partial charge in [-0.15, -0.1) is 0 Å². The Morgan fingerprint density at radius 3 is 2.48 bits per heavy atom. The normalized spacial score (nSPS) is 26.4. The number of benzene rings is 1. The Labute approximate surface area is 149 Å². The van der Waals surface area contributed by atoms with E-state index in [4.69, 9.17) is 0 Å². The third kappa shape index (κ3) is 4.43. The lowest BCUT2D eigenvalue weighted by molar-refractivity contribution is 0.242. The first-order valence-corrected chi connectivity index (χ1v) is 10.4. The number of rotatable bonds is 3. The van der Waals surface area contributed by atoms with Crippen molar-refractivity contribution in [2.45, 2.75) is 18.9 Å². The molecule has 2 aliphatic heterocycles. The molecule has 0 unspecified atom stereocenters. The Kier molecular flexibility index (Phi) is 4.92. The second-order valence-electron chi connectivity index (χ2n) is 7.29. The quantitative estimate of drug-likeness (QED) is 0.838. The first-order chi connectivity index (χ1) is 11.8. The van der Waals surface area contributed by atoms with Gasteiger partial charge < -0.3 is 20.4 Å². The molecular formula is C17H26N4O3S. The number of nitrogens with one attached hydrogen (secondary N) is 2. The molecule has 8 heteroatoms. The molecule has 2 aliphatic rings. The number of urea groups is 1. The van der Waals surface area contributed by atoms with Gasteiger partial charge in [-0.1, -0.05) is 12.1 Å². The molecule has 0 radical (unpaired) electrons. The fourth-order valence-corrected chi connectivity index (χ4v) is 5.53. The molecule has 2 saturated heterocycles. The highest BCUT2D eigenvalue weighted by Crippen LogP contribution is 2.27. The fourth-order valence-electron chi connectivity index (χ4n) is 3.44. The van der Waals surface area contributed by atoms with Gasteiger partial charge in [-0.25, -0.2) is 13.2 Å². The molecule has 2 fully saturated rings. The summed E-state index contributed by atoms with van der Waals surface area (Å²) in [5, 5.41) is 5.74. The number of likely N-dealkylation sites (N-methyl/N-ethyl adjacent to an activating group) is 1. The van der Waals surface area contributed by atoms with Crippen LogP contribution < -0.4 is 15.5 Å². The van der Waals surface area contributed by atoms with Gasteiger partial charge in [0.2, 0.25) is 0 Å². The molecule has 25 heavy (non-hydrogen) atoms. The van der Waals surface area contributed by atoms with E-state index in [2.05, 4.69) is 27.5 Å². The lowest BCUT2D eigenvalue weighted by Crippen LogP contribution is -2.49. The zero-order valence-corrected chi connectivity index (χ0v) is 15.6. The third-order valence-electron chi connectivity index (χ3n) is 4.91. The lowest BCUT2D eigenvalue weighted by Gasteiger charge is -2.35. The molecule has 0 bridgehead atoms. The minimum atomic E-state index is -3.06. The van der Waals surface area contributed by atoms with E-state index < -0.39 is 15.4 Å². The predicted molar refractivity (Wildman–Crippen MR) is 100.0 cm³/mol. The van der Waals surface area contributed by atoms with Crippen molar-refractivity contribution in [3.63, 3.8) is 0 Å². The predicted octanol–water partition coefficient (Wildman–Crippen LogP) is 1.14. The number of carbonyl (C=O) groups excluding carboxylic acids is 1. The molecule has 0 spiro atoms. The average molecular weight is 366 g/mol. The first kappa shape index (κ1) is 18.0. The molecule has 1 aromatic carbocycles. The van der Waals surface area contributed by atoms with Crippen LogP contribution in [0.25, 0.3) is 0 Å². The van der Waals surface area contributed by atoms with Gasteiger partial charge >= 0.3 is 6.03 Å². The molecule has 138 valence electrons. The first-order valence-electron chi connectivity index (χ1n) is 8.58. The Balaban J connectivity index is 1.68. The number of hydrogen-bond donors (Lipinski definition) is 2. The smallest absolute Gasteiger partial charge is 0.319 e. The van der Waals surface area contributed by atoms with Crippen molar-refractivity contribution in [2.75, 3.05) is 54.9 Å². The van der Waals surface area contributed by atoms with Gasteiger partial charge in [-0.05, 0) is 32.5 Å². The molecule has 0 aromatic heterocycles. The zero-order chi connectivity index (χ0) is 18.1. The summed E-state index contributed by atoms with van der Waals surface area (Å²) >= 11 is 0. The summed E-state index contributed by atoms with van der Waals surface area (Å²) in [6.07, 6.45) is 0.447. The van der Waals surface area contributed by atoms with Crippen molar-refractivity contribution in [3.8, 4) is 0 Å². The zero-order valence-electron chi connectivity index (χ0n) is 14.8. The Hall–Kier alpha value is -1.80. The van der Waals surface area contributed by atoms with Crippen molar-refractivity contribution >= 4 is 27.2 Å². The van der Waals surface area contributed by atoms with E-state index in [0.717, 1.165) is 37.6 Å². The van der Waals surface area contributed by atoms with Crippen molar-refractivity contribution in [3.05, 3.63) is 24.3 Å². The number of carbonyl (C=O) groups is 1. The monoisotopic (exact) mass is 366 g/mol. The Morgan fingerprint density at radius 1 is 1.16 bits per heavy atom. The highest BCUT2D eigenvalue weighted by atomic mass is 32.2. The minimum Gasteiger partial charge on any atom is -0.367 e. The van der Waals surface area contributed by atoms with Gasteiger partial charge in [0.05, 0.1) is 28.4 Å². The SMILES string of the molecule is CN1CCN(c2ccccc2NC(=O)N[C@]2(C)CCS(=O)(=O)C2)CC1. The molecule has 3 rings (SSSR count). The molecule has 2 N–H and O–H groups in total. The molecule has 2 amide bonds. The van der Waals surface area contributed by atoms with Crippen molar-refractivity contribution in [2.24, 2.45) is 0 Å². The fraction of sp³-hybridized carbons (Fsp3) is 0.588. The van der Waals surface area contributed by atoms with Gasteiger partial charge in [0.15, 0.2) is 9.84 Å². The van der Waals surface area contributed by atoms with Gasteiger partial charge in [-0.3, -0.25) is 0 Å². The number of hydrogen-bond acceptors (Lipinski definition) is 5. The van der Waals surface area contributed by atoms with Crippen molar-refractivity contribution in [1.29, 1.82) is 0 Å². The molecule has 7 nitrogen and oxygen atoms in total. The van der Waals surface area contributed by atoms with E-state index in [1.165, 1.54) is 0 Å². The summed E-state index contributed by atoms with van der Waals surface area (Å²) < 4.78 is 23.4. The number of amides is 2. The van der Waals surface area contributed by atoms with Crippen LogP contribution in [0.5, 0.6) is 0 Å². The maximum absolute atomic E-state index is 12.4. The Morgan fingerprint density at radius 2 is 1.84 bits per heavy atom. The van der Waals surface area contributed by atoms with Crippen molar-refractivity contribution < 1.29 is 13.2 Å². The van der Waals surface area contributed by atoms with E-state index in [0.29, 0.717) is 6.42 Å². The van der Waals surface area contributed by atoms with Crippen molar-refractivity contribution in [1.82, 2.24) is 10.2 Å². The number of anilines is 2. The van der Waals surface area contributed by atoms with E-state index in [-0.39, 0.29) is 17.5 Å². The molecule has 2 heterocycles. The van der Waals surface area contributed by atoms with E-state index in [1.54, 1.807) is 6.92 Å². The largest absolute Gasteiger partial charge is 0.367 e. The van der Waals surface area contributed by atoms with Crippen LogP contribution in [0, 0.1) is 0 Å². The van der Waals surface area contributed by atoms with Gasteiger partial charge in [0.1, 0.15) is 0 Å². The summed E-state index contributed by atoms with van der Waals surface area (Å²) in [7, 11) is -0.956. The van der Waals surface area contributed by atoms with Crippen LogP contribution >= 0.6 is 0 Å². The van der Waals surface area contributed by atoms with E-state index >= 15 is 0 Å². The lowest BCUT2D eigenvalue weighted by atomic mass is 10.0. The van der Waals surface area contributed by atoms with Crippen LogP contribution in [-0.4, -0.2) is 69.6 Å². The number of nitrogens with zero attached hydrogens (tertiary/aromatic N) is 2. The molecular weight excluding hydrogens is 340 g/mol. The van der Waals surface area contributed by atoms with Crippen LogP contribution in [0.2, 0.25) is 0 Å². The summed E-state index contributed by atoms with van der Waals surface area (Å²) in [6.45, 7) is 5.57. The topological polar surface area (TPSA) is 81.8 Å². The summed E-state index contributed by atoms with van der Waals surface area (Å²) in [6, 6.07) is 7.36. The number of para-hydroxylation sites is 2. The third-order valence-corrected chi connectivity index (χ3v) is 6.82. The second kappa shape index (κ2) is 6.84. The van der Waals surface area contributed by atoms with Gasteiger partial charge in [0.25, 0.3) is 0 Å². The maximum atomic E-state index is 12.4. The number of piperazine rings is 1. The molecule has 1 aromatic rings. The van der Waals surface area contributed by atoms with Crippen LogP contribution in [0.3, 0.4) is 0 Å². The maximum Gasteiger partial charge on any atom is 0.319 e.